The first kappa shape index (κ1) is 18.6. The van der Waals surface area contributed by atoms with Crippen molar-refractivity contribution in [2.45, 2.75) is 24.2 Å². The number of carbonyl (C=O) groups excluding carboxylic acids is 1. The Hall–Kier alpha value is -1.43. The van der Waals surface area contributed by atoms with Gasteiger partial charge in [0.25, 0.3) is 5.78 Å². The smallest absolute Gasteiger partial charge is 0.284 e. The average molecular weight is 328 g/mol. The number of ketones is 1. The number of allylic oxidation sites excluding steroid dienone is 2. The lowest BCUT2D eigenvalue weighted by Crippen LogP contribution is -2.45. The fourth-order valence-electron chi connectivity index (χ4n) is 0.629. The van der Waals surface area contributed by atoms with Crippen LogP contribution in [0.4, 0.5) is 52.7 Å². The highest BCUT2D eigenvalue weighted by Crippen LogP contribution is 2.45. The van der Waals surface area contributed by atoms with Crippen molar-refractivity contribution in [3.8, 4) is 0 Å². The Bertz CT molecular complexity index is 424. The zero-order valence-electron chi connectivity index (χ0n) is 8.44. The molecule has 118 valence electrons. The van der Waals surface area contributed by atoms with Crippen LogP contribution in [-0.2, 0) is 4.79 Å². The molecule has 0 saturated heterocycles. The molecule has 1 nitrogen and oxygen atoms in total. The lowest BCUT2D eigenvalue weighted by atomic mass is 10.1. The number of Topliss-reactive ketones (excluding diaryl/α,β-unsaturated/α-hetero) is 1. The minimum Gasteiger partial charge on any atom is -0.284 e. The molecule has 0 fully saturated rings. The lowest BCUT2D eigenvalue weighted by molar-refractivity contribution is -0.273. The molecule has 0 amide bonds. The van der Waals surface area contributed by atoms with E-state index in [1.165, 1.54) is 0 Å². The third-order valence-corrected chi connectivity index (χ3v) is 1.66. The molecule has 20 heavy (non-hydrogen) atoms. The Morgan fingerprint density at radius 2 is 0.900 bits per heavy atom. The second kappa shape index (κ2) is 4.84. The second-order valence-electron chi connectivity index (χ2n) is 3.10. The summed E-state index contributed by atoms with van der Waals surface area (Å²) in [6.07, 6.45) is -13.7. The normalized spacial score (nSPS) is 16.0. The molecule has 0 aliphatic carbocycles. The number of halogens is 12. The van der Waals surface area contributed by atoms with Gasteiger partial charge in [-0.2, -0.15) is 48.3 Å². The van der Waals surface area contributed by atoms with Gasteiger partial charge in [-0.25, -0.2) is 4.39 Å². The van der Waals surface area contributed by atoms with Crippen molar-refractivity contribution in [1.82, 2.24) is 0 Å². The molecule has 0 unspecified atom stereocenters. The third-order valence-electron chi connectivity index (χ3n) is 1.66. The van der Waals surface area contributed by atoms with E-state index in [4.69, 9.17) is 0 Å². The van der Waals surface area contributed by atoms with E-state index in [-0.39, 0.29) is 0 Å². The van der Waals surface area contributed by atoms with E-state index in [9.17, 15) is 57.5 Å². The Balaban J connectivity index is 5.84. The molecular formula is C7F12O. The maximum atomic E-state index is 12.4. The van der Waals surface area contributed by atoms with Crippen LogP contribution in [0.2, 0.25) is 0 Å². The van der Waals surface area contributed by atoms with Gasteiger partial charge < -0.3 is 0 Å². The van der Waals surface area contributed by atoms with Gasteiger partial charge in [0, 0.05) is 0 Å². The molecule has 0 rings (SSSR count). The molecule has 0 radical (unpaired) electrons. The molecule has 0 atom stereocenters. The summed E-state index contributed by atoms with van der Waals surface area (Å²) in [6.45, 7) is 0. The summed E-state index contributed by atoms with van der Waals surface area (Å²) < 4.78 is 143. The van der Waals surface area contributed by atoms with E-state index in [0.717, 1.165) is 0 Å². The Labute approximate surface area is 100 Å². The van der Waals surface area contributed by atoms with Crippen LogP contribution < -0.4 is 0 Å². The summed E-state index contributed by atoms with van der Waals surface area (Å²) in [6, 6.07) is 0. The van der Waals surface area contributed by atoms with Gasteiger partial charge in [0.2, 0.25) is 11.7 Å². The average Bonchev–Trinajstić information content (AvgIpc) is 2.22. The van der Waals surface area contributed by atoms with Gasteiger partial charge in [-0.05, 0) is 0 Å². The van der Waals surface area contributed by atoms with Gasteiger partial charge in [0.05, 0.1) is 0 Å². The quantitative estimate of drug-likeness (QED) is 0.563. The summed E-state index contributed by atoms with van der Waals surface area (Å²) >= 11 is 0. The predicted octanol–water partition coefficient (Wildman–Crippen LogP) is 4.10. The van der Waals surface area contributed by atoms with Gasteiger partial charge in [-0.3, -0.25) is 4.79 Å². The molecule has 0 aromatic carbocycles. The lowest BCUT2D eigenvalue weighted by Gasteiger charge is -2.20. The summed E-state index contributed by atoms with van der Waals surface area (Å²) in [4.78, 5) is 10.2. The molecule has 0 aliphatic heterocycles. The van der Waals surface area contributed by atoms with Gasteiger partial charge in [0.1, 0.15) is 0 Å². The number of hydrogen-bond donors (Lipinski definition) is 0. The first-order valence-electron chi connectivity index (χ1n) is 3.97. The van der Waals surface area contributed by atoms with Crippen LogP contribution >= 0.6 is 0 Å². The van der Waals surface area contributed by atoms with E-state index in [1.807, 2.05) is 0 Å². The molecule has 0 spiro atoms. The minimum absolute atomic E-state index is 4.17. The molecule has 0 aromatic rings. The first-order valence-corrected chi connectivity index (χ1v) is 3.97. The zero-order valence-corrected chi connectivity index (χ0v) is 8.44. The summed E-state index contributed by atoms with van der Waals surface area (Å²) in [5.74, 6) is -26.2. The van der Waals surface area contributed by atoms with Crippen LogP contribution in [0.3, 0.4) is 0 Å². The van der Waals surface area contributed by atoms with Crippen LogP contribution in [0.5, 0.6) is 0 Å². The van der Waals surface area contributed by atoms with Crippen LogP contribution in [0, 0.1) is 0 Å². The largest absolute Gasteiger partial charge is 0.461 e. The van der Waals surface area contributed by atoms with Crippen LogP contribution in [0.15, 0.2) is 11.7 Å². The monoisotopic (exact) mass is 328 g/mol. The van der Waals surface area contributed by atoms with E-state index in [2.05, 4.69) is 0 Å². The Morgan fingerprint density at radius 3 is 1.15 bits per heavy atom. The van der Waals surface area contributed by atoms with Gasteiger partial charge >= 0.3 is 24.2 Å². The second-order valence-corrected chi connectivity index (χ2v) is 3.10. The SMILES string of the molecule is O=C(C(F)=C(F)C(F)(F)C(F)(F)F)C(F)(F)C(F)(F)F. The molecule has 13 heteroatoms. The topological polar surface area (TPSA) is 17.1 Å². The fraction of sp³-hybridized carbons (Fsp3) is 0.571. The highest BCUT2D eigenvalue weighted by atomic mass is 19.4. The number of carbonyl (C=O) groups is 1. The molecule has 0 heterocycles. The molecule has 0 N–H and O–H groups in total. The van der Waals surface area contributed by atoms with Crippen molar-refractivity contribution in [3.05, 3.63) is 11.7 Å². The van der Waals surface area contributed by atoms with Crippen molar-refractivity contribution in [3.63, 3.8) is 0 Å². The first-order chi connectivity index (χ1) is 8.48. The fourth-order valence-corrected chi connectivity index (χ4v) is 0.629. The maximum absolute atomic E-state index is 12.4. The van der Waals surface area contributed by atoms with E-state index < -0.39 is 41.6 Å². The zero-order chi connectivity index (χ0) is 16.7. The Morgan fingerprint density at radius 1 is 0.600 bits per heavy atom. The van der Waals surface area contributed by atoms with Crippen LogP contribution in [-0.4, -0.2) is 30.0 Å². The molecular weight excluding hydrogens is 328 g/mol. The highest BCUT2D eigenvalue weighted by Gasteiger charge is 2.67. The van der Waals surface area contributed by atoms with Gasteiger partial charge in [-0.1, -0.05) is 0 Å². The number of hydrogen-bond acceptors (Lipinski definition) is 1. The standard InChI is InChI=1S/C7F12O/c8-1(2(9)4(10,11)6(14,15)16)3(20)5(12,13)7(17,18)19. The van der Waals surface area contributed by atoms with Crippen molar-refractivity contribution in [2.75, 3.05) is 0 Å². The van der Waals surface area contributed by atoms with Gasteiger partial charge in [0.15, 0.2) is 0 Å². The van der Waals surface area contributed by atoms with E-state index >= 15 is 0 Å². The van der Waals surface area contributed by atoms with Gasteiger partial charge in [-0.15, -0.1) is 0 Å². The van der Waals surface area contributed by atoms with Crippen molar-refractivity contribution in [1.29, 1.82) is 0 Å². The highest BCUT2D eigenvalue weighted by molar-refractivity contribution is 6.00. The van der Waals surface area contributed by atoms with Crippen molar-refractivity contribution in [2.24, 2.45) is 0 Å². The van der Waals surface area contributed by atoms with Crippen molar-refractivity contribution >= 4 is 5.78 Å². The van der Waals surface area contributed by atoms with Crippen LogP contribution in [0.1, 0.15) is 0 Å². The number of rotatable bonds is 3. The van der Waals surface area contributed by atoms with Crippen LogP contribution in [0.25, 0.3) is 0 Å². The molecule has 0 saturated carbocycles. The Kier molecular flexibility index (Phi) is 4.49. The molecule has 0 aromatic heterocycles. The summed E-state index contributed by atoms with van der Waals surface area (Å²) in [5, 5.41) is 0. The molecule has 0 aliphatic rings. The van der Waals surface area contributed by atoms with Crippen molar-refractivity contribution < 1.29 is 57.5 Å². The summed E-state index contributed by atoms with van der Waals surface area (Å²) in [5.41, 5.74) is 0. The maximum Gasteiger partial charge on any atom is 0.461 e. The van der Waals surface area contributed by atoms with E-state index in [1.54, 1.807) is 0 Å². The predicted molar refractivity (Wildman–Crippen MR) is 36.3 cm³/mol. The van der Waals surface area contributed by atoms with E-state index in [0.29, 0.717) is 0 Å². The third kappa shape index (κ3) is 3.00. The molecule has 0 bridgehead atoms. The summed E-state index contributed by atoms with van der Waals surface area (Å²) in [7, 11) is 0. The minimum atomic E-state index is -6.85. The number of alkyl halides is 10.